The van der Waals surface area contributed by atoms with Crippen LogP contribution in [0.2, 0.25) is 0 Å². The minimum absolute atomic E-state index is 0.296. The molecule has 82 heavy (non-hydrogen) atoms. The van der Waals surface area contributed by atoms with Crippen LogP contribution in [0.1, 0.15) is 101 Å². The van der Waals surface area contributed by atoms with Gasteiger partial charge in [0.25, 0.3) is 0 Å². The van der Waals surface area contributed by atoms with Gasteiger partial charge in [0.05, 0.1) is 44.5 Å². The Morgan fingerprint density at radius 1 is 0.378 bits per heavy atom. The number of nitrogens with zero attached hydrogens (tertiary/aromatic N) is 6. The van der Waals surface area contributed by atoms with Crippen LogP contribution in [0.5, 0.6) is 0 Å². The van der Waals surface area contributed by atoms with Crippen LogP contribution < -0.4 is 0 Å². The molecule has 16 rings (SSSR count). The van der Waals surface area contributed by atoms with Gasteiger partial charge in [0.15, 0.2) is 0 Å². The van der Waals surface area contributed by atoms with Crippen LogP contribution >= 0.6 is 0 Å². The molecule has 6 nitrogen and oxygen atoms in total. The third-order valence-electron chi connectivity index (χ3n) is 20.4. The number of para-hydroxylation sites is 4. The lowest BCUT2D eigenvalue weighted by molar-refractivity contribution is 0.548. The second-order valence-electron chi connectivity index (χ2n) is 24.9. The van der Waals surface area contributed by atoms with Crippen molar-refractivity contribution in [1.82, 2.24) is 29.1 Å². The summed E-state index contributed by atoms with van der Waals surface area (Å²) in [6.45, 7) is 14.4. The molecule has 3 heterocycles. The molecule has 4 fully saturated rings. The number of hydrogen-bond acceptors (Lipinski definition) is 4. The van der Waals surface area contributed by atoms with Crippen LogP contribution in [-0.4, -0.2) is 29.1 Å². The molecule has 0 N–H and O–H groups in total. The van der Waals surface area contributed by atoms with Gasteiger partial charge >= 0.3 is 0 Å². The number of benzene rings is 9. The second kappa shape index (κ2) is 18.4. The Kier molecular flexibility index (Phi) is 11.0. The number of aromatic nitrogens is 6. The summed E-state index contributed by atoms with van der Waals surface area (Å²) in [5.74, 6) is 6.25. The third kappa shape index (κ3) is 7.66. The minimum Gasteiger partial charge on any atom is -0.292 e. The van der Waals surface area contributed by atoms with Crippen LogP contribution in [0.25, 0.3) is 112 Å². The van der Waals surface area contributed by atoms with Gasteiger partial charge in [-0.25, -0.2) is 19.9 Å². The predicted molar refractivity (Wildman–Crippen MR) is 337 cm³/mol. The fraction of sp³-hybridized carbons (Fsp3) is 0.237. The molecular formula is C76H66N6. The van der Waals surface area contributed by atoms with Crippen molar-refractivity contribution in [3.63, 3.8) is 0 Å². The van der Waals surface area contributed by atoms with Crippen molar-refractivity contribution in [2.24, 2.45) is 23.7 Å². The van der Waals surface area contributed by atoms with Crippen molar-refractivity contribution in [2.75, 3.05) is 0 Å². The molecule has 9 aromatic carbocycles. The van der Waals surface area contributed by atoms with Crippen LogP contribution in [0.3, 0.4) is 0 Å². The van der Waals surface area contributed by atoms with E-state index in [0.29, 0.717) is 22.7 Å². The van der Waals surface area contributed by atoms with Crippen LogP contribution in [-0.2, 0) is 10.8 Å². The van der Waals surface area contributed by atoms with Gasteiger partial charge in [-0.1, -0.05) is 187 Å². The first-order valence-electron chi connectivity index (χ1n) is 30.0. The normalized spacial score (nSPS) is 21.8. The molecule has 400 valence electrons. The van der Waals surface area contributed by atoms with Crippen LogP contribution in [0, 0.1) is 23.7 Å². The molecule has 0 radical (unpaired) electrons. The molecule has 4 aliphatic rings. The Hall–Kier alpha value is -8.74. The molecule has 12 aromatic rings. The monoisotopic (exact) mass is 1060 g/mol. The van der Waals surface area contributed by atoms with E-state index in [1.807, 2.05) is 12.1 Å². The topological polar surface area (TPSA) is 61.4 Å². The maximum atomic E-state index is 5.45. The summed E-state index contributed by atoms with van der Waals surface area (Å²) in [6.07, 6.45) is 4.98. The summed E-state index contributed by atoms with van der Waals surface area (Å²) in [7, 11) is 0. The van der Waals surface area contributed by atoms with Gasteiger partial charge in [-0.15, -0.1) is 0 Å². The highest BCUT2D eigenvalue weighted by Crippen LogP contribution is 2.79. The van der Waals surface area contributed by atoms with Gasteiger partial charge in [-0.3, -0.25) is 9.13 Å². The van der Waals surface area contributed by atoms with Crippen molar-refractivity contribution < 1.29 is 0 Å². The Morgan fingerprint density at radius 3 is 1.11 bits per heavy atom. The zero-order valence-corrected chi connectivity index (χ0v) is 47.6. The van der Waals surface area contributed by atoms with E-state index in [9.17, 15) is 0 Å². The summed E-state index contributed by atoms with van der Waals surface area (Å²) in [4.78, 5) is 21.5. The van der Waals surface area contributed by atoms with Crippen LogP contribution in [0.15, 0.2) is 206 Å². The first-order valence-corrected chi connectivity index (χ1v) is 30.0. The van der Waals surface area contributed by atoms with E-state index in [1.165, 1.54) is 46.1 Å². The highest BCUT2D eigenvalue weighted by molar-refractivity contribution is 5.90. The lowest BCUT2D eigenvalue weighted by Gasteiger charge is -2.24. The predicted octanol–water partition coefficient (Wildman–Crippen LogP) is 19.2. The highest BCUT2D eigenvalue weighted by Gasteiger charge is 2.75. The highest BCUT2D eigenvalue weighted by atomic mass is 15.1. The third-order valence-corrected chi connectivity index (χ3v) is 20.4. The lowest BCUT2D eigenvalue weighted by atomic mass is 9.80. The van der Waals surface area contributed by atoms with Gasteiger partial charge < -0.3 is 0 Å². The number of hydrogen-bond donors (Lipinski definition) is 0. The van der Waals surface area contributed by atoms with Crippen molar-refractivity contribution in [2.45, 2.75) is 89.9 Å². The maximum absolute atomic E-state index is 5.45. The quantitative estimate of drug-likeness (QED) is 0.109. The number of imidazole rings is 2. The molecule has 0 amide bonds. The molecule has 6 unspecified atom stereocenters. The molecule has 0 saturated heterocycles. The molecular weight excluding hydrogens is 997 g/mol. The maximum Gasteiger partial charge on any atom is 0.145 e. The Labute approximate surface area is 480 Å². The molecule has 4 aliphatic carbocycles. The van der Waals surface area contributed by atoms with Gasteiger partial charge in [-0.2, -0.15) is 0 Å². The van der Waals surface area contributed by atoms with Gasteiger partial charge in [-0.05, 0) is 177 Å². The summed E-state index contributed by atoms with van der Waals surface area (Å²) in [5.41, 5.74) is 25.6. The van der Waals surface area contributed by atoms with Gasteiger partial charge in [0, 0.05) is 33.6 Å². The average molecular weight is 1060 g/mol. The first-order chi connectivity index (χ1) is 40.1. The largest absolute Gasteiger partial charge is 0.292 e. The van der Waals surface area contributed by atoms with E-state index in [4.69, 9.17) is 19.9 Å². The first kappa shape index (κ1) is 49.1. The smallest absolute Gasteiger partial charge is 0.145 e. The molecule has 4 saturated carbocycles. The van der Waals surface area contributed by atoms with E-state index >= 15 is 0 Å². The fourth-order valence-electron chi connectivity index (χ4n) is 14.4. The number of fused-ring (bicyclic) bond motifs is 5. The van der Waals surface area contributed by atoms with Crippen molar-refractivity contribution in [1.29, 1.82) is 0 Å². The Bertz CT molecular complexity index is 4330. The zero-order chi connectivity index (χ0) is 55.2. The molecule has 0 spiro atoms. The summed E-state index contributed by atoms with van der Waals surface area (Å²) in [5, 5.41) is 0. The molecule has 0 aliphatic heterocycles. The van der Waals surface area contributed by atoms with E-state index in [1.54, 1.807) is 0 Å². The summed E-state index contributed by atoms with van der Waals surface area (Å²) in [6, 6.07) is 75.0. The molecule has 0 bridgehead atoms. The average Bonchev–Trinajstić information content (AvgIpc) is 1.55. The Morgan fingerprint density at radius 2 is 0.720 bits per heavy atom. The fourth-order valence-corrected chi connectivity index (χ4v) is 14.4. The Balaban J connectivity index is 0.697. The second-order valence-corrected chi connectivity index (χ2v) is 24.9. The zero-order valence-electron chi connectivity index (χ0n) is 47.6. The van der Waals surface area contributed by atoms with Gasteiger partial charge in [0.1, 0.15) is 11.6 Å². The minimum atomic E-state index is 0.296. The van der Waals surface area contributed by atoms with Crippen molar-refractivity contribution in [3.05, 3.63) is 229 Å². The summed E-state index contributed by atoms with van der Waals surface area (Å²) >= 11 is 0. The van der Waals surface area contributed by atoms with Crippen molar-refractivity contribution >= 4 is 33.1 Å². The summed E-state index contributed by atoms with van der Waals surface area (Å²) < 4.78 is 4.75. The van der Waals surface area contributed by atoms with E-state index in [0.717, 1.165) is 137 Å². The molecule has 3 aromatic heterocycles. The molecule has 6 heteroatoms. The van der Waals surface area contributed by atoms with E-state index in [-0.39, 0.29) is 0 Å². The SMILES string of the molecule is CCC(C)c1cc2c(cc1C1(C)C3CC31)nc(-c1ccc(-c3ccc(-c4nc5ccccc5nc4-c4ccc(-c5ccc(-c6nc7cc(C(C)CC)c(C8(C)C9CC98)cc7n6-c6ccccc6)cc5)cc4)cc3)cc1)n2-c1ccccc1. The van der Waals surface area contributed by atoms with E-state index in [2.05, 4.69) is 245 Å². The molecule has 6 atom stereocenters. The lowest BCUT2D eigenvalue weighted by Crippen LogP contribution is -2.16. The van der Waals surface area contributed by atoms with Crippen LogP contribution in [0.4, 0.5) is 0 Å². The number of rotatable bonds is 14. The standard InChI is InChI=1S/C76H66N6/c1-7-45(3)57-39-67-70(44-60(57)76(6)63-42-64(63)76)82(56-19-13-10-14-20-56)73(79-67)53-35-27-49(28-36-53)47-23-31-51(32-24-47)71-72(78-66-22-16-15-21-65(66)77-71)52-33-25-48(26-34-52)50-29-37-54(38-30-50)74-80-68-43-59(75(5)61-41-62(61)75)58(46(4)8-2)40-69(68)81(74)55-17-11-9-12-18-55/h9-40,43-46,61-64H,7-8,41-42H2,1-6H3. The van der Waals surface area contributed by atoms with Gasteiger partial charge in [0.2, 0.25) is 0 Å². The van der Waals surface area contributed by atoms with Crippen molar-refractivity contribution in [3.8, 4) is 78.9 Å². The van der Waals surface area contributed by atoms with E-state index < -0.39 is 0 Å².